The molecule has 134 valence electrons. The molecule has 26 heavy (non-hydrogen) atoms. The van der Waals surface area contributed by atoms with Gasteiger partial charge in [0.1, 0.15) is 0 Å². The van der Waals surface area contributed by atoms with Gasteiger partial charge in [-0.2, -0.15) is 0 Å². The highest BCUT2D eigenvalue weighted by Crippen LogP contribution is 2.28. The molecule has 1 saturated heterocycles. The van der Waals surface area contributed by atoms with Crippen LogP contribution in [0.1, 0.15) is 33.9 Å². The van der Waals surface area contributed by atoms with Gasteiger partial charge in [0.25, 0.3) is 5.91 Å². The van der Waals surface area contributed by atoms with E-state index < -0.39 is 0 Å². The van der Waals surface area contributed by atoms with Crippen molar-refractivity contribution in [3.63, 3.8) is 0 Å². The Balaban J connectivity index is 1.62. The number of aryl methyl sites for hydroxylation is 1. The van der Waals surface area contributed by atoms with Crippen LogP contribution in [0, 0.1) is 0 Å². The zero-order valence-electron chi connectivity index (χ0n) is 14.3. The molecular formula is C20H20ClN3O2. The summed E-state index contributed by atoms with van der Waals surface area (Å²) in [4.78, 5) is 26.6. The highest BCUT2D eigenvalue weighted by atomic mass is 35.5. The van der Waals surface area contributed by atoms with Crippen LogP contribution < -0.4 is 10.6 Å². The van der Waals surface area contributed by atoms with E-state index >= 15 is 0 Å². The molecule has 1 fully saturated rings. The molecule has 2 aliphatic rings. The van der Waals surface area contributed by atoms with E-state index in [1.165, 1.54) is 0 Å². The molecule has 0 spiro atoms. The number of hydrogen-bond acceptors (Lipinski definition) is 3. The molecule has 2 aromatic rings. The van der Waals surface area contributed by atoms with Crippen LogP contribution in [0.4, 0.5) is 5.69 Å². The Labute approximate surface area is 157 Å². The Morgan fingerprint density at radius 2 is 2.04 bits per heavy atom. The fraction of sp³-hybridized carbons (Fsp3) is 0.300. The van der Waals surface area contributed by atoms with Gasteiger partial charge in [-0.15, -0.1) is 0 Å². The number of piperazine rings is 1. The first-order valence-electron chi connectivity index (χ1n) is 8.82. The topological polar surface area (TPSA) is 61.4 Å². The summed E-state index contributed by atoms with van der Waals surface area (Å²) < 4.78 is 0. The van der Waals surface area contributed by atoms with Crippen molar-refractivity contribution in [2.75, 3.05) is 25.0 Å². The lowest BCUT2D eigenvalue weighted by Crippen LogP contribution is -2.48. The zero-order valence-corrected chi connectivity index (χ0v) is 15.1. The molecule has 5 nitrogen and oxygen atoms in total. The molecule has 1 atom stereocenters. The molecule has 0 aromatic heterocycles. The van der Waals surface area contributed by atoms with Crippen molar-refractivity contribution in [2.24, 2.45) is 0 Å². The molecule has 2 amide bonds. The second kappa shape index (κ2) is 7.09. The molecule has 2 aromatic carbocycles. The lowest BCUT2D eigenvalue weighted by atomic mass is 9.98. The first kappa shape index (κ1) is 17.1. The van der Waals surface area contributed by atoms with Crippen LogP contribution in [-0.4, -0.2) is 36.3 Å². The van der Waals surface area contributed by atoms with Gasteiger partial charge in [0, 0.05) is 42.3 Å². The summed E-state index contributed by atoms with van der Waals surface area (Å²) in [6.07, 6.45) is 1.13. The van der Waals surface area contributed by atoms with E-state index in [9.17, 15) is 9.59 Å². The summed E-state index contributed by atoms with van der Waals surface area (Å²) in [5, 5.41) is 6.89. The normalized spacial score (nSPS) is 19.7. The summed E-state index contributed by atoms with van der Waals surface area (Å²) in [7, 11) is 0. The van der Waals surface area contributed by atoms with Gasteiger partial charge in [-0.05, 0) is 47.9 Å². The number of nitrogens with zero attached hydrogens (tertiary/aromatic N) is 1. The number of anilines is 1. The fourth-order valence-corrected chi connectivity index (χ4v) is 3.84. The number of nitrogens with one attached hydrogen (secondary N) is 2. The minimum absolute atomic E-state index is 0.0103. The molecule has 2 N–H and O–H groups in total. The van der Waals surface area contributed by atoms with Crippen molar-refractivity contribution in [1.29, 1.82) is 0 Å². The molecule has 0 aliphatic carbocycles. The van der Waals surface area contributed by atoms with E-state index in [0.29, 0.717) is 36.5 Å². The van der Waals surface area contributed by atoms with Crippen LogP contribution in [0.25, 0.3) is 0 Å². The monoisotopic (exact) mass is 369 g/mol. The van der Waals surface area contributed by atoms with Crippen LogP contribution in [0.2, 0.25) is 5.02 Å². The van der Waals surface area contributed by atoms with Crippen molar-refractivity contribution in [2.45, 2.75) is 18.9 Å². The molecule has 0 saturated carbocycles. The largest absolute Gasteiger partial charge is 0.329 e. The molecule has 2 aliphatic heterocycles. The number of fused-ring (bicyclic) bond motifs is 1. The summed E-state index contributed by atoms with van der Waals surface area (Å²) in [5.41, 5.74) is 3.52. The van der Waals surface area contributed by atoms with Crippen molar-refractivity contribution in [3.8, 4) is 0 Å². The molecule has 0 radical (unpaired) electrons. The van der Waals surface area contributed by atoms with E-state index in [-0.39, 0.29) is 17.9 Å². The molecule has 6 heteroatoms. The second-order valence-corrected chi connectivity index (χ2v) is 7.13. The maximum Gasteiger partial charge on any atom is 0.254 e. The summed E-state index contributed by atoms with van der Waals surface area (Å²) in [6.45, 7) is 2.11. The highest BCUT2D eigenvalue weighted by Gasteiger charge is 2.29. The fourth-order valence-electron chi connectivity index (χ4n) is 3.64. The van der Waals surface area contributed by atoms with Gasteiger partial charge in [0.05, 0.1) is 6.04 Å². The Kier molecular flexibility index (Phi) is 4.66. The third-order valence-electron chi connectivity index (χ3n) is 4.99. The van der Waals surface area contributed by atoms with Gasteiger partial charge < -0.3 is 15.5 Å². The second-order valence-electron chi connectivity index (χ2n) is 6.69. The minimum Gasteiger partial charge on any atom is -0.329 e. The third kappa shape index (κ3) is 3.32. The average molecular weight is 370 g/mol. The van der Waals surface area contributed by atoms with Crippen LogP contribution in [0.15, 0.2) is 42.5 Å². The van der Waals surface area contributed by atoms with Crippen LogP contribution in [0.5, 0.6) is 0 Å². The van der Waals surface area contributed by atoms with Crippen molar-refractivity contribution >= 4 is 29.1 Å². The van der Waals surface area contributed by atoms with Crippen LogP contribution in [-0.2, 0) is 11.2 Å². The maximum absolute atomic E-state index is 13.2. The predicted octanol–water partition coefficient (Wildman–Crippen LogP) is 3.01. The van der Waals surface area contributed by atoms with Gasteiger partial charge >= 0.3 is 0 Å². The Morgan fingerprint density at radius 3 is 2.88 bits per heavy atom. The highest BCUT2D eigenvalue weighted by molar-refractivity contribution is 6.30. The average Bonchev–Trinajstić information content (AvgIpc) is 2.67. The number of hydrogen-bond donors (Lipinski definition) is 2. The molecule has 4 rings (SSSR count). The number of amides is 2. The van der Waals surface area contributed by atoms with Crippen molar-refractivity contribution in [3.05, 3.63) is 64.2 Å². The lowest BCUT2D eigenvalue weighted by molar-refractivity contribution is -0.116. The number of rotatable bonds is 2. The Hall–Kier alpha value is -2.37. The summed E-state index contributed by atoms with van der Waals surface area (Å²) in [6, 6.07) is 13.2. The molecule has 0 bridgehead atoms. The van der Waals surface area contributed by atoms with Crippen molar-refractivity contribution in [1.82, 2.24) is 10.2 Å². The first-order valence-corrected chi connectivity index (χ1v) is 9.19. The van der Waals surface area contributed by atoms with E-state index in [1.807, 2.05) is 41.3 Å². The van der Waals surface area contributed by atoms with E-state index in [0.717, 1.165) is 23.4 Å². The Morgan fingerprint density at radius 1 is 1.15 bits per heavy atom. The molecule has 1 unspecified atom stereocenters. The standard InChI is InChI=1S/C20H20ClN3O2/c21-16-3-1-2-14(11-16)18-12-22-8-9-24(18)20(26)15-4-6-17-13(10-15)5-7-19(25)23-17/h1-4,6,10-11,18,22H,5,7-9,12H2,(H,23,25). The van der Waals surface area contributed by atoms with Crippen molar-refractivity contribution < 1.29 is 9.59 Å². The Bertz CT molecular complexity index is 868. The smallest absolute Gasteiger partial charge is 0.254 e. The van der Waals surface area contributed by atoms with Gasteiger partial charge in [-0.1, -0.05) is 23.7 Å². The van der Waals surface area contributed by atoms with Gasteiger partial charge in [0.15, 0.2) is 0 Å². The zero-order chi connectivity index (χ0) is 18.1. The number of benzene rings is 2. The van der Waals surface area contributed by atoms with E-state index in [2.05, 4.69) is 10.6 Å². The van der Waals surface area contributed by atoms with Gasteiger partial charge in [0.2, 0.25) is 5.91 Å². The van der Waals surface area contributed by atoms with Gasteiger partial charge in [-0.3, -0.25) is 9.59 Å². The lowest BCUT2D eigenvalue weighted by Gasteiger charge is -2.37. The van der Waals surface area contributed by atoms with Gasteiger partial charge in [-0.25, -0.2) is 0 Å². The van der Waals surface area contributed by atoms with E-state index in [1.54, 1.807) is 6.07 Å². The maximum atomic E-state index is 13.2. The van der Waals surface area contributed by atoms with Crippen LogP contribution in [0.3, 0.4) is 0 Å². The molecular weight excluding hydrogens is 350 g/mol. The van der Waals surface area contributed by atoms with Crippen LogP contribution >= 0.6 is 11.6 Å². The number of carbonyl (C=O) groups excluding carboxylic acids is 2. The van der Waals surface area contributed by atoms with E-state index in [4.69, 9.17) is 11.6 Å². The number of halogens is 1. The quantitative estimate of drug-likeness (QED) is 0.855. The predicted molar refractivity (Wildman–Crippen MR) is 101 cm³/mol. The third-order valence-corrected chi connectivity index (χ3v) is 5.22. The first-order chi connectivity index (χ1) is 12.6. The minimum atomic E-state index is -0.0503. The summed E-state index contributed by atoms with van der Waals surface area (Å²) >= 11 is 6.14. The summed E-state index contributed by atoms with van der Waals surface area (Å²) in [5.74, 6) is 0.0378. The molecule has 2 heterocycles. The number of carbonyl (C=O) groups is 2. The SMILES string of the molecule is O=C1CCc2cc(C(=O)N3CCNCC3c3cccc(Cl)c3)ccc2N1.